The van der Waals surface area contributed by atoms with E-state index in [2.05, 4.69) is 5.10 Å². The van der Waals surface area contributed by atoms with Gasteiger partial charge in [0.2, 0.25) is 0 Å². The van der Waals surface area contributed by atoms with E-state index < -0.39 is 6.09 Å². The summed E-state index contributed by atoms with van der Waals surface area (Å²) in [5.41, 5.74) is 3.61. The van der Waals surface area contributed by atoms with Gasteiger partial charge in [-0.05, 0) is 44.2 Å². The largest absolute Gasteiger partial charge is 0.466 e. The summed E-state index contributed by atoms with van der Waals surface area (Å²) in [6, 6.07) is 11.4. The summed E-state index contributed by atoms with van der Waals surface area (Å²) in [5, 5.41) is 4.47. The fourth-order valence-electron chi connectivity index (χ4n) is 3.20. The molecule has 2 aromatic rings. The second-order valence-electron chi connectivity index (χ2n) is 6.05. The summed E-state index contributed by atoms with van der Waals surface area (Å²) >= 11 is 0. The Labute approximate surface area is 152 Å². The molecule has 0 amide bonds. The number of ether oxygens (including phenoxy) is 2. The maximum Gasteiger partial charge on any atom is 0.435 e. The van der Waals surface area contributed by atoms with E-state index in [1.54, 1.807) is 6.92 Å². The number of allylic oxidation sites excluding steroid dienone is 1. The summed E-state index contributed by atoms with van der Waals surface area (Å²) in [6.07, 6.45) is 2.78. The fraction of sp³-hybridized carbons (Fsp3) is 0.350. The van der Waals surface area contributed by atoms with Crippen LogP contribution in [0.15, 0.2) is 42.0 Å². The van der Waals surface area contributed by atoms with Crippen molar-refractivity contribution in [1.82, 2.24) is 9.78 Å². The van der Waals surface area contributed by atoms with Crippen molar-refractivity contribution in [2.45, 2.75) is 32.6 Å². The maximum atomic E-state index is 12.4. The van der Waals surface area contributed by atoms with Gasteiger partial charge >= 0.3 is 12.1 Å². The van der Waals surface area contributed by atoms with E-state index in [9.17, 15) is 9.59 Å². The van der Waals surface area contributed by atoms with Crippen LogP contribution in [0.25, 0.3) is 16.8 Å². The number of hydrogen-bond acceptors (Lipinski definition) is 5. The minimum atomic E-state index is -0.534. The molecule has 6 nitrogen and oxygen atoms in total. The van der Waals surface area contributed by atoms with Crippen molar-refractivity contribution in [3.05, 3.63) is 47.7 Å². The number of nitrogens with zero attached hydrogens (tertiary/aromatic N) is 2. The molecule has 0 saturated heterocycles. The van der Waals surface area contributed by atoms with E-state index in [0.717, 1.165) is 30.4 Å². The SMILES string of the molecule is CCOC(=O)n1nc(C2=C(C(=O)OC)CCCC2)cc1-c1ccccc1. The highest BCUT2D eigenvalue weighted by Crippen LogP contribution is 2.34. The minimum Gasteiger partial charge on any atom is -0.466 e. The van der Waals surface area contributed by atoms with Crippen molar-refractivity contribution in [1.29, 1.82) is 0 Å². The van der Waals surface area contributed by atoms with Crippen molar-refractivity contribution in [3.8, 4) is 11.3 Å². The molecule has 0 atom stereocenters. The van der Waals surface area contributed by atoms with E-state index >= 15 is 0 Å². The third kappa shape index (κ3) is 3.54. The lowest BCUT2D eigenvalue weighted by Gasteiger charge is -2.17. The topological polar surface area (TPSA) is 70.4 Å². The molecule has 1 aliphatic rings. The number of benzene rings is 1. The van der Waals surface area contributed by atoms with Crippen molar-refractivity contribution >= 4 is 17.6 Å². The molecule has 1 aromatic heterocycles. The van der Waals surface area contributed by atoms with Crippen molar-refractivity contribution in [2.75, 3.05) is 13.7 Å². The third-order valence-electron chi connectivity index (χ3n) is 4.43. The van der Waals surface area contributed by atoms with Crippen LogP contribution in [0.4, 0.5) is 4.79 Å². The number of esters is 1. The molecule has 136 valence electrons. The first kappa shape index (κ1) is 17.9. The second kappa shape index (κ2) is 7.99. The molecule has 0 bridgehead atoms. The van der Waals surface area contributed by atoms with Gasteiger partial charge in [0.05, 0.1) is 25.1 Å². The van der Waals surface area contributed by atoms with Gasteiger partial charge in [0.1, 0.15) is 0 Å². The Hall–Kier alpha value is -2.89. The van der Waals surface area contributed by atoms with Gasteiger partial charge < -0.3 is 9.47 Å². The van der Waals surface area contributed by atoms with Crippen LogP contribution in [-0.2, 0) is 14.3 Å². The summed E-state index contributed by atoms with van der Waals surface area (Å²) in [4.78, 5) is 24.5. The van der Waals surface area contributed by atoms with Gasteiger partial charge in [0.25, 0.3) is 0 Å². The Bertz CT molecular complexity index is 837. The predicted molar refractivity (Wildman–Crippen MR) is 97.5 cm³/mol. The highest BCUT2D eigenvalue weighted by molar-refractivity contribution is 5.98. The Kier molecular flexibility index (Phi) is 5.51. The number of methoxy groups -OCH3 is 1. The zero-order chi connectivity index (χ0) is 18.5. The average molecular weight is 354 g/mol. The first-order valence-corrected chi connectivity index (χ1v) is 8.79. The first-order valence-electron chi connectivity index (χ1n) is 8.79. The molecule has 0 radical (unpaired) electrons. The molecule has 1 heterocycles. The van der Waals surface area contributed by atoms with E-state index in [4.69, 9.17) is 9.47 Å². The monoisotopic (exact) mass is 354 g/mol. The van der Waals surface area contributed by atoms with Gasteiger partial charge in [0.15, 0.2) is 0 Å². The molecular weight excluding hydrogens is 332 g/mol. The molecule has 0 spiro atoms. The Balaban J connectivity index is 2.12. The quantitative estimate of drug-likeness (QED) is 0.775. The van der Waals surface area contributed by atoms with E-state index in [0.29, 0.717) is 23.4 Å². The van der Waals surface area contributed by atoms with E-state index in [1.807, 2.05) is 36.4 Å². The van der Waals surface area contributed by atoms with Crippen LogP contribution in [-0.4, -0.2) is 35.6 Å². The second-order valence-corrected chi connectivity index (χ2v) is 6.05. The zero-order valence-electron chi connectivity index (χ0n) is 15.0. The highest BCUT2D eigenvalue weighted by Gasteiger charge is 2.25. The summed E-state index contributed by atoms with van der Waals surface area (Å²) < 4.78 is 11.3. The van der Waals surface area contributed by atoms with Gasteiger partial charge in [0, 0.05) is 11.1 Å². The number of carbonyl (C=O) groups is 2. The fourth-order valence-corrected chi connectivity index (χ4v) is 3.20. The van der Waals surface area contributed by atoms with Gasteiger partial charge in [-0.15, -0.1) is 0 Å². The lowest BCUT2D eigenvalue weighted by atomic mass is 9.89. The van der Waals surface area contributed by atoms with Gasteiger partial charge in [-0.3, -0.25) is 0 Å². The molecule has 0 saturated carbocycles. The van der Waals surface area contributed by atoms with E-state index in [1.165, 1.54) is 11.8 Å². The minimum absolute atomic E-state index is 0.262. The smallest absolute Gasteiger partial charge is 0.435 e. The molecule has 0 aliphatic heterocycles. The summed E-state index contributed by atoms with van der Waals surface area (Å²) in [7, 11) is 1.38. The van der Waals surface area contributed by atoms with Crippen LogP contribution in [0.1, 0.15) is 38.3 Å². The summed E-state index contributed by atoms with van der Waals surface area (Å²) in [6.45, 7) is 2.02. The van der Waals surface area contributed by atoms with Crippen LogP contribution in [0.2, 0.25) is 0 Å². The standard InChI is InChI=1S/C20H22N2O4/c1-3-26-20(24)22-18(14-9-5-4-6-10-14)13-17(21-22)15-11-7-8-12-16(15)19(23)25-2/h4-6,9-10,13H,3,7-8,11-12H2,1-2H3. The summed E-state index contributed by atoms with van der Waals surface area (Å²) in [5.74, 6) is -0.327. The maximum absolute atomic E-state index is 12.4. The van der Waals surface area contributed by atoms with Crippen LogP contribution >= 0.6 is 0 Å². The number of aromatic nitrogens is 2. The molecule has 3 rings (SSSR count). The molecule has 0 fully saturated rings. The lowest BCUT2D eigenvalue weighted by molar-refractivity contribution is -0.136. The van der Waals surface area contributed by atoms with Crippen LogP contribution in [0, 0.1) is 0 Å². The number of hydrogen-bond donors (Lipinski definition) is 0. The van der Waals surface area contributed by atoms with Crippen molar-refractivity contribution < 1.29 is 19.1 Å². The molecular formula is C20H22N2O4. The van der Waals surface area contributed by atoms with Gasteiger partial charge in [-0.2, -0.15) is 9.78 Å². The molecule has 1 aromatic carbocycles. The van der Waals surface area contributed by atoms with Gasteiger partial charge in [-0.25, -0.2) is 9.59 Å². The van der Waals surface area contributed by atoms with Crippen LogP contribution in [0.5, 0.6) is 0 Å². The van der Waals surface area contributed by atoms with Crippen LogP contribution in [0.3, 0.4) is 0 Å². The zero-order valence-corrected chi connectivity index (χ0v) is 15.0. The normalized spacial score (nSPS) is 14.2. The lowest BCUT2D eigenvalue weighted by Crippen LogP contribution is -2.17. The first-order chi connectivity index (χ1) is 12.7. The molecule has 0 N–H and O–H groups in total. The Morgan fingerprint density at radius 2 is 1.88 bits per heavy atom. The Morgan fingerprint density at radius 3 is 2.58 bits per heavy atom. The van der Waals surface area contributed by atoms with Crippen molar-refractivity contribution in [2.24, 2.45) is 0 Å². The van der Waals surface area contributed by atoms with E-state index in [-0.39, 0.29) is 12.6 Å². The Morgan fingerprint density at radius 1 is 1.15 bits per heavy atom. The van der Waals surface area contributed by atoms with Crippen LogP contribution < -0.4 is 0 Å². The van der Waals surface area contributed by atoms with Gasteiger partial charge in [-0.1, -0.05) is 30.3 Å². The molecule has 0 unspecified atom stereocenters. The highest BCUT2D eigenvalue weighted by atomic mass is 16.6. The predicted octanol–water partition coefficient (Wildman–Crippen LogP) is 4.06. The third-order valence-corrected chi connectivity index (χ3v) is 4.43. The number of rotatable bonds is 4. The average Bonchev–Trinajstić information content (AvgIpc) is 3.13. The molecule has 26 heavy (non-hydrogen) atoms. The van der Waals surface area contributed by atoms with Crippen molar-refractivity contribution in [3.63, 3.8) is 0 Å². The molecule has 6 heteroatoms. The number of carbonyl (C=O) groups excluding carboxylic acids is 2. The molecule has 1 aliphatic carbocycles.